The van der Waals surface area contributed by atoms with Gasteiger partial charge in [0.1, 0.15) is 0 Å². The zero-order valence-electron chi connectivity index (χ0n) is 12.8. The molecule has 0 rings (SSSR count). The highest BCUT2D eigenvalue weighted by Gasteiger charge is 2.12. The largest absolute Gasteiger partial charge is 0.466 e. The first-order chi connectivity index (χ1) is 9.44. The Morgan fingerprint density at radius 2 is 1.55 bits per heavy atom. The molecule has 7 heteroatoms. The fraction of sp³-hybridized carbons (Fsp3) is 0.769. The smallest absolute Gasteiger partial charge is 0.375 e. The van der Waals surface area contributed by atoms with E-state index in [-0.39, 0.29) is 24.2 Å². The van der Waals surface area contributed by atoms with Gasteiger partial charge in [0.15, 0.2) is 0 Å². The highest BCUT2D eigenvalue weighted by Crippen LogP contribution is 2.05. The Balaban J connectivity index is 0. The van der Waals surface area contributed by atoms with Gasteiger partial charge in [0, 0.05) is 5.75 Å². The van der Waals surface area contributed by atoms with Crippen LogP contribution in [0, 0.1) is 5.92 Å². The molecule has 0 saturated carbocycles. The fourth-order valence-corrected chi connectivity index (χ4v) is 2.02. The van der Waals surface area contributed by atoms with Gasteiger partial charge in [0.25, 0.3) is 0 Å². The molecule has 0 amide bonds. The average Bonchev–Trinajstić information content (AvgIpc) is 2.40. The monoisotopic (exact) mass is 324 g/mol. The second kappa shape index (κ2) is 14.7. The number of hydrogen-bond acceptors (Lipinski definition) is 7. The summed E-state index contributed by atoms with van der Waals surface area (Å²) < 4.78 is 9.26. The van der Waals surface area contributed by atoms with Crippen LogP contribution in [0.3, 0.4) is 0 Å². The van der Waals surface area contributed by atoms with E-state index in [1.807, 2.05) is 20.1 Å². The van der Waals surface area contributed by atoms with Crippen molar-refractivity contribution in [2.75, 3.05) is 37.2 Å². The minimum atomic E-state index is -0.725. The van der Waals surface area contributed by atoms with Gasteiger partial charge >= 0.3 is 11.9 Å². The zero-order valence-corrected chi connectivity index (χ0v) is 14.4. The molecule has 0 radical (unpaired) electrons. The third kappa shape index (κ3) is 12.3. The third-order valence-electron chi connectivity index (χ3n) is 1.88. The first-order valence-electron chi connectivity index (χ1n) is 6.28. The molecule has 118 valence electrons. The summed E-state index contributed by atoms with van der Waals surface area (Å²) in [7, 11) is 0. The number of ketones is 1. The molecule has 0 aromatic rings. The van der Waals surface area contributed by atoms with Gasteiger partial charge in [0.2, 0.25) is 5.78 Å². The van der Waals surface area contributed by atoms with Gasteiger partial charge in [0.05, 0.1) is 24.9 Å². The van der Waals surface area contributed by atoms with Gasteiger partial charge in [-0.05, 0) is 26.4 Å². The number of carbonyl (C=O) groups is 3. The van der Waals surface area contributed by atoms with Crippen molar-refractivity contribution in [3.63, 3.8) is 0 Å². The van der Waals surface area contributed by atoms with E-state index in [0.29, 0.717) is 6.61 Å². The van der Waals surface area contributed by atoms with E-state index in [1.165, 1.54) is 11.8 Å². The van der Waals surface area contributed by atoms with Crippen LogP contribution in [0.5, 0.6) is 0 Å². The molecular weight excluding hydrogens is 300 g/mol. The minimum Gasteiger partial charge on any atom is -0.466 e. The molecular formula is C13H24O5S2. The molecule has 0 fully saturated rings. The lowest BCUT2D eigenvalue weighted by molar-refractivity contribution is -0.152. The van der Waals surface area contributed by atoms with Crippen LogP contribution >= 0.6 is 23.5 Å². The Morgan fingerprint density at radius 3 is 1.95 bits per heavy atom. The molecule has 0 aliphatic heterocycles. The van der Waals surface area contributed by atoms with Crippen molar-refractivity contribution in [1.82, 2.24) is 0 Å². The normalized spacial score (nSPS) is 10.8. The lowest BCUT2D eigenvalue weighted by Crippen LogP contribution is -2.18. The van der Waals surface area contributed by atoms with Crippen molar-refractivity contribution in [2.24, 2.45) is 5.92 Å². The summed E-state index contributed by atoms with van der Waals surface area (Å²) in [4.78, 5) is 32.1. The number of carbonyl (C=O) groups excluding carboxylic acids is 3. The molecule has 0 aliphatic rings. The summed E-state index contributed by atoms with van der Waals surface area (Å²) in [5.74, 6) is -0.185. The molecule has 0 spiro atoms. The van der Waals surface area contributed by atoms with E-state index in [4.69, 9.17) is 4.74 Å². The second-order valence-corrected chi connectivity index (χ2v) is 5.46. The Kier molecular flexibility index (Phi) is 15.9. The van der Waals surface area contributed by atoms with Crippen molar-refractivity contribution < 1.29 is 23.9 Å². The van der Waals surface area contributed by atoms with Crippen LogP contribution in [-0.2, 0) is 23.9 Å². The van der Waals surface area contributed by atoms with Crippen molar-refractivity contribution >= 4 is 41.2 Å². The third-order valence-corrected chi connectivity index (χ3v) is 3.27. The Bertz CT molecular complexity index is 278. The van der Waals surface area contributed by atoms with Crippen LogP contribution in [0.15, 0.2) is 0 Å². The Hall–Kier alpha value is -0.690. The molecule has 1 atom stereocenters. The van der Waals surface area contributed by atoms with E-state index in [1.54, 1.807) is 24.9 Å². The average molecular weight is 324 g/mol. The molecule has 1 unspecified atom stereocenters. The zero-order chi connectivity index (χ0) is 16.0. The molecule has 20 heavy (non-hydrogen) atoms. The molecule has 0 saturated heterocycles. The lowest BCUT2D eigenvalue weighted by Gasteiger charge is -2.07. The molecule has 0 heterocycles. The van der Waals surface area contributed by atoms with E-state index in [2.05, 4.69) is 4.74 Å². The minimum absolute atomic E-state index is 0.0370. The van der Waals surface area contributed by atoms with Crippen molar-refractivity contribution in [2.45, 2.75) is 20.8 Å². The maximum absolute atomic E-state index is 10.9. The van der Waals surface area contributed by atoms with Gasteiger partial charge in [-0.3, -0.25) is 9.59 Å². The SMILES string of the molecule is CCOC(=O)C(=O)CSC.CCOC(=O)C(C)CSC. The first kappa shape index (κ1) is 21.6. The number of esters is 2. The Morgan fingerprint density at radius 1 is 1.00 bits per heavy atom. The van der Waals surface area contributed by atoms with Crippen LogP contribution in [0.2, 0.25) is 0 Å². The number of rotatable bonds is 8. The van der Waals surface area contributed by atoms with Crippen molar-refractivity contribution in [3.05, 3.63) is 0 Å². The van der Waals surface area contributed by atoms with E-state index in [0.717, 1.165) is 5.75 Å². The molecule has 0 bridgehead atoms. The molecule has 0 N–H and O–H groups in total. The fourth-order valence-electron chi connectivity index (χ4n) is 1.00. The van der Waals surface area contributed by atoms with Crippen molar-refractivity contribution in [1.29, 1.82) is 0 Å². The topological polar surface area (TPSA) is 69.7 Å². The lowest BCUT2D eigenvalue weighted by atomic mass is 10.2. The van der Waals surface area contributed by atoms with Crippen molar-refractivity contribution in [3.8, 4) is 0 Å². The summed E-state index contributed by atoms with van der Waals surface area (Å²) >= 11 is 2.98. The summed E-state index contributed by atoms with van der Waals surface area (Å²) in [6.07, 6.45) is 3.74. The van der Waals surface area contributed by atoms with E-state index >= 15 is 0 Å². The van der Waals surface area contributed by atoms with Gasteiger partial charge < -0.3 is 9.47 Å². The van der Waals surface area contributed by atoms with E-state index < -0.39 is 11.8 Å². The molecule has 5 nitrogen and oxygen atoms in total. The standard InChI is InChI=1S/C7H14O2S.C6H10O3S/c1-4-9-7(8)6(2)5-10-3;1-3-9-6(8)5(7)4-10-2/h6H,4-5H2,1-3H3;3-4H2,1-2H3. The van der Waals surface area contributed by atoms with Gasteiger partial charge in [-0.1, -0.05) is 6.92 Å². The quantitative estimate of drug-likeness (QED) is 0.500. The van der Waals surface area contributed by atoms with Crippen LogP contribution < -0.4 is 0 Å². The van der Waals surface area contributed by atoms with Gasteiger partial charge in [-0.25, -0.2) is 4.79 Å². The summed E-state index contributed by atoms with van der Waals surface area (Å²) in [6, 6.07) is 0. The molecule has 0 aromatic carbocycles. The maximum atomic E-state index is 10.9. The Labute approximate surface area is 129 Å². The predicted octanol–water partition coefficient (Wildman–Crippen LogP) is 2.03. The van der Waals surface area contributed by atoms with Crippen LogP contribution in [0.1, 0.15) is 20.8 Å². The summed E-state index contributed by atoms with van der Waals surface area (Å²) in [5, 5.41) is 0. The maximum Gasteiger partial charge on any atom is 0.375 e. The summed E-state index contributed by atoms with van der Waals surface area (Å²) in [6.45, 7) is 6.12. The predicted molar refractivity (Wildman–Crippen MR) is 84.2 cm³/mol. The molecule has 0 aromatic heterocycles. The number of hydrogen-bond donors (Lipinski definition) is 0. The molecule has 0 aliphatic carbocycles. The van der Waals surface area contributed by atoms with Crippen LogP contribution in [0.25, 0.3) is 0 Å². The first-order valence-corrected chi connectivity index (χ1v) is 9.07. The second-order valence-electron chi connectivity index (χ2n) is 3.69. The van der Waals surface area contributed by atoms with Crippen LogP contribution in [0.4, 0.5) is 0 Å². The number of ether oxygens (including phenoxy) is 2. The van der Waals surface area contributed by atoms with Gasteiger partial charge in [-0.15, -0.1) is 0 Å². The summed E-state index contributed by atoms with van der Waals surface area (Å²) in [5.41, 5.74) is 0. The van der Waals surface area contributed by atoms with Gasteiger partial charge in [-0.2, -0.15) is 23.5 Å². The number of Topliss-reactive ketones (excluding diaryl/α,β-unsaturated/α-hetero) is 1. The highest BCUT2D eigenvalue weighted by molar-refractivity contribution is 7.99. The van der Waals surface area contributed by atoms with E-state index in [9.17, 15) is 14.4 Å². The highest BCUT2D eigenvalue weighted by atomic mass is 32.2. The van der Waals surface area contributed by atoms with Crippen LogP contribution in [-0.4, -0.2) is 55.0 Å². The number of thioether (sulfide) groups is 2.